The molecule has 0 bridgehead atoms. The Balaban J connectivity index is 1.75. The van der Waals surface area contributed by atoms with Gasteiger partial charge in [0.15, 0.2) is 0 Å². The molecule has 21 heavy (non-hydrogen) atoms. The maximum absolute atomic E-state index is 12.1. The van der Waals surface area contributed by atoms with Crippen LogP contribution in [0.15, 0.2) is 42.0 Å². The Bertz CT molecular complexity index is 601. The second-order valence-electron chi connectivity index (χ2n) is 5.27. The minimum absolute atomic E-state index is 0.0740. The lowest BCUT2D eigenvalue weighted by Gasteiger charge is -2.25. The van der Waals surface area contributed by atoms with Crippen LogP contribution in [0.3, 0.4) is 0 Å². The van der Waals surface area contributed by atoms with Crippen molar-refractivity contribution in [2.45, 2.75) is 12.8 Å². The van der Waals surface area contributed by atoms with E-state index in [0.29, 0.717) is 26.3 Å². The molecule has 0 radical (unpaired) electrons. The molecule has 0 aromatic heterocycles. The second kappa shape index (κ2) is 6.58. The highest BCUT2D eigenvalue weighted by molar-refractivity contribution is 9.15. The van der Waals surface area contributed by atoms with E-state index in [2.05, 4.69) is 34.1 Å². The predicted molar refractivity (Wildman–Crippen MR) is 87.1 cm³/mol. The Morgan fingerprint density at radius 1 is 1.19 bits per heavy atom. The molecule has 0 atom stereocenters. The highest BCUT2D eigenvalue weighted by Crippen LogP contribution is 2.35. The smallest absolute Gasteiger partial charge is 0.246 e. The number of hydrogen-bond donors (Lipinski definition) is 0. The van der Waals surface area contributed by atoms with Crippen molar-refractivity contribution in [3.63, 3.8) is 0 Å². The van der Waals surface area contributed by atoms with Gasteiger partial charge >= 0.3 is 0 Å². The van der Waals surface area contributed by atoms with E-state index in [4.69, 9.17) is 4.74 Å². The normalized spacial score (nSPS) is 19.0. The molecule has 1 saturated heterocycles. The lowest BCUT2D eigenvalue weighted by molar-refractivity contribution is -0.129. The second-order valence-corrected chi connectivity index (χ2v) is 6.06. The van der Waals surface area contributed by atoms with Crippen LogP contribution in [0.5, 0.6) is 0 Å². The third kappa shape index (κ3) is 3.27. The first-order valence-corrected chi connectivity index (χ1v) is 8.06. The monoisotopic (exact) mass is 347 g/mol. The Hall–Kier alpha value is -1.39. The van der Waals surface area contributed by atoms with E-state index in [1.54, 1.807) is 6.08 Å². The number of fused-ring (bicyclic) bond motifs is 1. The van der Waals surface area contributed by atoms with E-state index in [1.165, 1.54) is 16.7 Å². The zero-order valence-electron chi connectivity index (χ0n) is 11.8. The Labute approximate surface area is 133 Å². The number of morpholine rings is 1. The molecule has 1 aliphatic heterocycles. The number of ether oxygens (including phenoxy) is 1. The molecule has 0 unspecified atom stereocenters. The summed E-state index contributed by atoms with van der Waals surface area (Å²) in [6, 6.07) is 8.40. The molecule has 1 aromatic carbocycles. The van der Waals surface area contributed by atoms with Gasteiger partial charge in [-0.3, -0.25) is 4.79 Å². The summed E-state index contributed by atoms with van der Waals surface area (Å²) in [4.78, 5) is 14.0. The summed E-state index contributed by atoms with van der Waals surface area (Å²) in [5.41, 5.74) is 3.79. The van der Waals surface area contributed by atoms with Crippen LogP contribution in [0, 0.1) is 0 Å². The third-order valence-electron chi connectivity index (χ3n) is 3.95. The van der Waals surface area contributed by atoms with Crippen molar-refractivity contribution in [3.05, 3.63) is 53.1 Å². The van der Waals surface area contributed by atoms with Crippen molar-refractivity contribution < 1.29 is 9.53 Å². The van der Waals surface area contributed by atoms with Gasteiger partial charge in [-0.05, 0) is 45.5 Å². The van der Waals surface area contributed by atoms with Crippen molar-refractivity contribution in [2.75, 3.05) is 26.3 Å². The van der Waals surface area contributed by atoms with Crippen molar-refractivity contribution in [1.29, 1.82) is 0 Å². The molecule has 110 valence electrons. The van der Waals surface area contributed by atoms with Crippen LogP contribution < -0.4 is 0 Å². The van der Waals surface area contributed by atoms with Crippen LogP contribution in [0.4, 0.5) is 0 Å². The lowest BCUT2D eigenvalue weighted by atomic mass is 9.92. The highest BCUT2D eigenvalue weighted by atomic mass is 79.9. The summed E-state index contributed by atoms with van der Waals surface area (Å²) in [6.07, 6.45) is 5.63. The van der Waals surface area contributed by atoms with Gasteiger partial charge in [-0.25, -0.2) is 0 Å². The molecule has 1 amide bonds. The number of halogens is 1. The lowest BCUT2D eigenvalue weighted by Crippen LogP contribution is -2.39. The molecule has 1 aromatic rings. The van der Waals surface area contributed by atoms with Crippen LogP contribution in [0.2, 0.25) is 0 Å². The number of carbonyl (C=O) groups excluding carboxylic acids is 1. The number of hydrogen-bond acceptors (Lipinski definition) is 2. The summed E-state index contributed by atoms with van der Waals surface area (Å²) < 4.78 is 6.37. The molecule has 0 saturated carbocycles. The zero-order chi connectivity index (χ0) is 14.7. The fourth-order valence-electron chi connectivity index (χ4n) is 2.72. The van der Waals surface area contributed by atoms with Gasteiger partial charge in [-0.15, -0.1) is 0 Å². The molecular weight excluding hydrogens is 330 g/mol. The summed E-state index contributed by atoms with van der Waals surface area (Å²) >= 11 is 3.68. The van der Waals surface area contributed by atoms with Crippen molar-refractivity contribution in [3.8, 4) is 0 Å². The quantitative estimate of drug-likeness (QED) is 0.769. The fourth-order valence-corrected chi connectivity index (χ4v) is 3.44. The number of amides is 1. The van der Waals surface area contributed by atoms with Crippen molar-refractivity contribution in [1.82, 2.24) is 4.90 Å². The summed E-state index contributed by atoms with van der Waals surface area (Å²) in [6.45, 7) is 2.65. The van der Waals surface area contributed by atoms with Gasteiger partial charge in [0, 0.05) is 23.6 Å². The topological polar surface area (TPSA) is 29.5 Å². The first-order chi connectivity index (χ1) is 10.3. The van der Waals surface area contributed by atoms with E-state index in [-0.39, 0.29) is 5.91 Å². The van der Waals surface area contributed by atoms with Crippen LogP contribution in [-0.4, -0.2) is 37.1 Å². The van der Waals surface area contributed by atoms with Gasteiger partial charge in [-0.2, -0.15) is 0 Å². The number of rotatable bonds is 2. The van der Waals surface area contributed by atoms with E-state index >= 15 is 0 Å². The van der Waals surface area contributed by atoms with Crippen LogP contribution in [0.1, 0.15) is 17.5 Å². The molecule has 2 aliphatic rings. The Morgan fingerprint density at radius 3 is 2.76 bits per heavy atom. The number of allylic oxidation sites excluding steroid dienone is 2. The minimum Gasteiger partial charge on any atom is -0.378 e. The first kappa shape index (κ1) is 14.5. The Kier molecular flexibility index (Phi) is 4.56. The standard InChI is InChI=1S/C17H18BrNO2/c18-17-14(6-5-13-3-1-2-4-15(13)17)7-8-16(20)19-9-11-21-12-10-19/h1-4,7-8H,5-6,9-12H2. The SMILES string of the molecule is O=C(C=CC1=C(Br)c2ccccc2CC1)N1CCOCC1. The van der Waals surface area contributed by atoms with E-state index in [1.807, 2.05) is 17.0 Å². The molecule has 1 aliphatic carbocycles. The van der Waals surface area contributed by atoms with Gasteiger partial charge in [-0.1, -0.05) is 30.3 Å². The van der Waals surface area contributed by atoms with Crippen molar-refractivity contribution in [2.24, 2.45) is 0 Å². The van der Waals surface area contributed by atoms with Gasteiger partial charge in [0.05, 0.1) is 13.2 Å². The van der Waals surface area contributed by atoms with Crippen LogP contribution in [0.25, 0.3) is 4.48 Å². The van der Waals surface area contributed by atoms with E-state index < -0.39 is 0 Å². The summed E-state index contributed by atoms with van der Waals surface area (Å²) in [5.74, 6) is 0.0740. The van der Waals surface area contributed by atoms with Crippen molar-refractivity contribution >= 4 is 26.3 Å². The maximum Gasteiger partial charge on any atom is 0.246 e. The largest absolute Gasteiger partial charge is 0.378 e. The average Bonchev–Trinajstić information content (AvgIpc) is 2.55. The highest BCUT2D eigenvalue weighted by Gasteiger charge is 2.17. The number of nitrogens with zero attached hydrogens (tertiary/aromatic N) is 1. The maximum atomic E-state index is 12.1. The molecule has 0 N–H and O–H groups in total. The minimum atomic E-state index is 0.0740. The molecule has 1 heterocycles. The summed E-state index contributed by atoms with van der Waals surface area (Å²) in [7, 11) is 0. The summed E-state index contributed by atoms with van der Waals surface area (Å²) in [5, 5.41) is 0. The van der Waals surface area contributed by atoms with Gasteiger partial charge in [0.2, 0.25) is 5.91 Å². The van der Waals surface area contributed by atoms with Crippen LogP contribution >= 0.6 is 15.9 Å². The average molecular weight is 348 g/mol. The zero-order valence-corrected chi connectivity index (χ0v) is 13.4. The molecule has 1 fully saturated rings. The molecule has 0 spiro atoms. The number of benzene rings is 1. The number of carbonyl (C=O) groups is 1. The van der Waals surface area contributed by atoms with Gasteiger partial charge in [0.25, 0.3) is 0 Å². The van der Waals surface area contributed by atoms with Crippen LogP contribution in [-0.2, 0) is 16.0 Å². The molecular formula is C17H18BrNO2. The molecule has 3 rings (SSSR count). The fraction of sp³-hybridized carbons (Fsp3) is 0.353. The Morgan fingerprint density at radius 2 is 1.95 bits per heavy atom. The molecule has 3 nitrogen and oxygen atoms in total. The third-order valence-corrected chi connectivity index (χ3v) is 4.89. The van der Waals surface area contributed by atoms with Gasteiger partial charge in [0.1, 0.15) is 0 Å². The molecule has 4 heteroatoms. The van der Waals surface area contributed by atoms with Gasteiger partial charge < -0.3 is 9.64 Å². The predicted octanol–water partition coefficient (Wildman–Crippen LogP) is 3.15. The van der Waals surface area contributed by atoms with E-state index in [9.17, 15) is 4.79 Å². The first-order valence-electron chi connectivity index (χ1n) is 7.27. The van der Waals surface area contributed by atoms with E-state index in [0.717, 1.165) is 17.3 Å². The number of aryl methyl sites for hydroxylation is 1.